The molecule has 4 heteroatoms. The van der Waals surface area contributed by atoms with Crippen molar-refractivity contribution < 1.29 is 26.5 Å². The first-order valence-corrected chi connectivity index (χ1v) is 33.4. The van der Waals surface area contributed by atoms with E-state index in [4.69, 9.17) is 8.22 Å². The zero-order valence-corrected chi connectivity index (χ0v) is 60.0. The molecule has 0 saturated heterocycles. The maximum Gasteiger partial charge on any atom is 0.212 e. The van der Waals surface area contributed by atoms with Crippen LogP contribution < -0.4 is 18.3 Å². The molecule has 484 valence electrons. The molecule has 0 bridgehead atoms. The molecule has 5 aromatic carbocycles. The van der Waals surface area contributed by atoms with Gasteiger partial charge in [0, 0.05) is 77.0 Å². The van der Waals surface area contributed by atoms with Crippen molar-refractivity contribution in [2.45, 2.75) is 224 Å². The predicted molar refractivity (Wildman–Crippen MR) is 393 cm³/mol. The summed E-state index contributed by atoms with van der Waals surface area (Å²) in [5, 5.41) is 0. The normalized spacial score (nSPS) is 17.7. The van der Waals surface area contributed by atoms with Crippen LogP contribution in [0.3, 0.4) is 0 Å². The van der Waals surface area contributed by atoms with Crippen molar-refractivity contribution in [1.82, 2.24) is 0 Å². The topological polar surface area (TPSA) is 15.5 Å². The lowest BCUT2D eigenvalue weighted by atomic mass is 9.62. The molecular weight excluding hydrogens is 1110 g/mol. The number of aromatic nitrogens is 4. The molecule has 0 aliphatic heterocycles. The summed E-state index contributed by atoms with van der Waals surface area (Å²) in [6.07, 6.45) is 15.2. The highest BCUT2D eigenvalue weighted by molar-refractivity contribution is 5.70. The van der Waals surface area contributed by atoms with E-state index in [1.165, 1.54) is 144 Å². The molecule has 4 heterocycles. The Hall–Kier alpha value is -7.30. The van der Waals surface area contributed by atoms with Crippen LogP contribution in [0.15, 0.2) is 152 Å². The molecule has 12 rings (SSSR count). The van der Waals surface area contributed by atoms with Gasteiger partial charge >= 0.3 is 0 Å². The predicted octanol–water partition coefficient (Wildman–Crippen LogP) is 20.8. The molecule has 9 aromatic rings. The summed E-state index contributed by atoms with van der Waals surface area (Å²) in [7, 11) is 8.14. The van der Waals surface area contributed by atoms with Crippen molar-refractivity contribution in [2.75, 3.05) is 0 Å². The van der Waals surface area contributed by atoms with Crippen LogP contribution in [0.4, 0.5) is 0 Å². The van der Waals surface area contributed by atoms with Crippen LogP contribution in [-0.4, -0.2) is 0 Å². The Morgan fingerprint density at radius 1 is 0.283 bits per heavy atom. The number of rotatable bonds is 5. The summed E-state index contributed by atoms with van der Waals surface area (Å²) in [4.78, 5) is 0. The third-order valence-electron chi connectivity index (χ3n) is 21.4. The highest BCUT2D eigenvalue weighted by Crippen LogP contribution is 2.50. The van der Waals surface area contributed by atoms with Gasteiger partial charge in [-0.25, -0.2) is 18.3 Å². The molecule has 0 amide bonds. The minimum atomic E-state index is -2.09. The SMILES string of the molecule is C.Cc1cc(-c2cc3c(cc2C)C(C)(C)CCC3(C)C)[n+](C)cc1C.Cc1ccccc1-c1ccc(-c2ccccc2)c[n+]1C.[2H]C([2H])([2H])c1c[n+](C)c(-c2cc3c(cc2C)C(C)(C)CCC3(C)C)cc1C.[2H]C([2H])([2H])c1ccc(-c2cc3c(cc2C)C(C)(C)CCC3(C)C)[n+](C)c1. The number of aryl methyl sites for hydroxylation is 13. The summed E-state index contributed by atoms with van der Waals surface area (Å²) in [6.45, 7) is 39.2. The van der Waals surface area contributed by atoms with E-state index in [1.807, 2.05) is 48.4 Å². The maximum absolute atomic E-state index is 7.77. The lowest BCUT2D eigenvalue weighted by molar-refractivity contribution is -0.660. The molecule has 4 aromatic heterocycles. The molecule has 0 radical (unpaired) electrons. The van der Waals surface area contributed by atoms with E-state index in [0.717, 1.165) is 17.0 Å². The Kier molecular flexibility index (Phi) is 18.0. The van der Waals surface area contributed by atoms with Crippen molar-refractivity contribution in [3.63, 3.8) is 0 Å². The van der Waals surface area contributed by atoms with Crippen molar-refractivity contribution >= 4 is 0 Å². The van der Waals surface area contributed by atoms with Crippen LogP contribution in [0.5, 0.6) is 0 Å². The average molecular weight is 1240 g/mol. The Morgan fingerprint density at radius 3 is 1.03 bits per heavy atom. The molecule has 4 nitrogen and oxygen atoms in total. The Morgan fingerprint density at radius 2 is 0.630 bits per heavy atom. The average Bonchev–Trinajstić information content (AvgIpc) is 0.753. The second-order valence-electron chi connectivity index (χ2n) is 31.5. The lowest BCUT2D eigenvalue weighted by Gasteiger charge is -2.42. The number of pyridine rings is 4. The third kappa shape index (κ3) is 14.6. The minimum absolute atomic E-state index is 0. The van der Waals surface area contributed by atoms with Gasteiger partial charge in [0.05, 0.1) is 0 Å². The summed E-state index contributed by atoms with van der Waals surface area (Å²) < 4.78 is 54.6. The third-order valence-corrected chi connectivity index (χ3v) is 21.4. The van der Waals surface area contributed by atoms with Gasteiger partial charge in [-0.1, -0.05) is 157 Å². The van der Waals surface area contributed by atoms with E-state index in [2.05, 4.69) is 263 Å². The summed E-state index contributed by atoms with van der Waals surface area (Å²) >= 11 is 0. The number of benzene rings is 5. The maximum atomic E-state index is 7.77. The zero-order valence-electron chi connectivity index (χ0n) is 66.0. The molecule has 0 N–H and O–H groups in total. The fourth-order valence-corrected chi connectivity index (χ4v) is 14.6. The standard InChI is InChI=1S/2C23H32N.C22H30N.C19H18N.CH4/c2*1-15-12-21(24(8)14-17(15)3)18-13-20-19(11-16(18)2)22(4,5)9-10-23(20,6)7;1-15-8-9-20(23(7)14-15)17-13-19-18(12-16(17)2)21(3,4)10-11-22(19,5)6;1-15-8-6-7-11-18(15)19-13-12-17(14-20(19)2)16-9-4-3-5-10-16;/h2*11-14H,9-10H2,1-8H3;8-9,12-14H,10-11H2,1-7H3;3-14H,1-2H3;1H4/q4*+1;/i3D3;;1D3;;. The molecule has 0 saturated carbocycles. The second kappa shape index (κ2) is 26.6. The first kappa shape index (κ1) is 62.2. The highest BCUT2D eigenvalue weighted by atomic mass is 14.9. The number of hydrogen-bond acceptors (Lipinski definition) is 0. The zero-order chi connectivity index (χ0) is 71.7. The monoisotopic (exact) mass is 1230 g/mol. The summed E-state index contributed by atoms with van der Waals surface area (Å²) in [5.41, 5.74) is 31.8. The molecule has 0 fully saturated rings. The van der Waals surface area contributed by atoms with Crippen LogP contribution >= 0.6 is 0 Å². The number of fused-ring (bicyclic) bond motifs is 3. The van der Waals surface area contributed by atoms with Gasteiger partial charge in [0.15, 0.2) is 24.8 Å². The Balaban J connectivity index is 0.000000167. The van der Waals surface area contributed by atoms with E-state index in [-0.39, 0.29) is 39.9 Å². The first-order valence-electron chi connectivity index (χ1n) is 36.4. The Bertz CT molecular complexity index is 4440. The van der Waals surface area contributed by atoms with Gasteiger partial charge in [-0.15, -0.1) is 0 Å². The largest absolute Gasteiger partial charge is 0.212 e. The van der Waals surface area contributed by atoms with Crippen molar-refractivity contribution in [2.24, 2.45) is 28.2 Å². The highest BCUT2D eigenvalue weighted by Gasteiger charge is 2.41. The van der Waals surface area contributed by atoms with Crippen molar-refractivity contribution in [3.05, 3.63) is 236 Å². The Labute approximate surface area is 567 Å². The van der Waals surface area contributed by atoms with E-state index in [0.29, 0.717) is 11.1 Å². The smallest absolute Gasteiger partial charge is 0.201 e. The van der Waals surface area contributed by atoms with E-state index in [1.54, 1.807) is 24.0 Å². The molecule has 3 aliphatic rings. The van der Waals surface area contributed by atoms with Gasteiger partial charge < -0.3 is 0 Å². The second-order valence-corrected chi connectivity index (χ2v) is 31.5. The van der Waals surface area contributed by atoms with Gasteiger partial charge in [-0.3, -0.25) is 0 Å². The quantitative estimate of drug-likeness (QED) is 0.153. The number of nitrogens with zero attached hydrogens (tertiary/aromatic N) is 4. The van der Waals surface area contributed by atoms with Gasteiger partial charge in [-0.05, 0) is 242 Å². The van der Waals surface area contributed by atoms with Crippen LogP contribution in [0.25, 0.3) is 56.2 Å². The minimum Gasteiger partial charge on any atom is -0.201 e. The van der Waals surface area contributed by atoms with Gasteiger partial charge in [0.25, 0.3) is 0 Å². The fourth-order valence-electron chi connectivity index (χ4n) is 14.6. The van der Waals surface area contributed by atoms with E-state index in [9.17, 15) is 0 Å². The van der Waals surface area contributed by atoms with Crippen LogP contribution in [0, 0.1) is 62.2 Å². The van der Waals surface area contributed by atoms with Crippen molar-refractivity contribution in [1.29, 1.82) is 0 Å². The molecule has 3 aliphatic carbocycles. The molecular formula is C88H116N4+4. The molecule has 0 unspecified atom stereocenters. The van der Waals surface area contributed by atoms with Crippen molar-refractivity contribution in [3.8, 4) is 56.2 Å². The summed E-state index contributed by atoms with van der Waals surface area (Å²) in [6, 6.07) is 45.8. The fraction of sp³-hybridized carbons (Fsp3) is 0.432. The van der Waals surface area contributed by atoms with Gasteiger partial charge in [0.1, 0.15) is 28.2 Å². The van der Waals surface area contributed by atoms with Crippen LogP contribution in [0.2, 0.25) is 0 Å². The summed E-state index contributed by atoms with van der Waals surface area (Å²) in [5.74, 6) is 0. The van der Waals surface area contributed by atoms with E-state index < -0.39 is 13.7 Å². The van der Waals surface area contributed by atoms with E-state index >= 15 is 0 Å². The van der Waals surface area contributed by atoms with Crippen LogP contribution in [0.1, 0.15) is 221 Å². The molecule has 0 atom stereocenters. The molecule has 92 heavy (non-hydrogen) atoms. The number of hydrogen-bond donors (Lipinski definition) is 0. The first-order chi connectivity index (χ1) is 44.8. The van der Waals surface area contributed by atoms with Gasteiger partial charge in [-0.2, -0.15) is 0 Å². The van der Waals surface area contributed by atoms with Crippen LogP contribution in [-0.2, 0) is 60.7 Å². The molecule has 0 spiro atoms. The lowest BCUT2D eigenvalue weighted by Crippen LogP contribution is -2.35. The van der Waals surface area contributed by atoms with Gasteiger partial charge in [0.2, 0.25) is 22.8 Å².